The van der Waals surface area contributed by atoms with Gasteiger partial charge in [-0.2, -0.15) is 0 Å². The maximum atomic E-state index is 12.5. The third kappa shape index (κ3) is 2.72. The lowest BCUT2D eigenvalue weighted by molar-refractivity contribution is -0.901. The summed E-state index contributed by atoms with van der Waals surface area (Å²) in [6.07, 6.45) is 2.41. The molecule has 0 saturated carbocycles. The van der Waals surface area contributed by atoms with E-state index in [1.165, 1.54) is 29.1 Å². The largest absolute Gasteiger partial charge is 0.507 e. The molecule has 3 heterocycles. The van der Waals surface area contributed by atoms with Crippen LogP contribution in [0, 0.1) is 6.92 Å². The Bertz CT molecular complexity index is 955. The molecule has 2 N–H and O–H groups in total. The number of fused-ring (bicyclic) bond motifs is 1. The fourth-order valence-electron chi connectivity index (χ4n) is 3.33. The fraction of sp³-hybridized carbons (Fsp3) is 0.333. The van der Waals surface area contributed by atoms with Gasteiger partial charge in [0.15, 0.2) is 5.58 Å². The molecule has 24 heavy (non-hydrogen) atoms. The van der Waals surface area contributed by atoms with Crippen molar-refractivity contribution in [1.29, 1.82) is 0 Å². The second kappa shape index (κ2) is 6.03. The van der Waals surface area contributed by atoms with Crippen LogP contribution >= 0.6 is 11.3 Å². The third-order valence-electron chi connectivity index (χ3n) is 4.57. The maximum absolute atomic E-state index is 12.5. The van der Waals surface area contributed by atoms with Gasteiger partial charge in [0.05, 0.1) is 24.2 Å². The molecule has 0 aliphatic carbocycles. The molecule has 0 bridgehead atoms. The van der Waals surface area contributed by atoms with Crippen molar-refractivity contribution in [3.05, 3.63) is 45.3 Å². The Hall–Kier alpha value is -2.18. The van der Waals surface area contributed by atoms with E-state index in [0.717, 1.165) is 29.7 Å². The third-order valence-corrected chi connectivity index (χ3v) is 5.56. The highest BCUT2D eigenvalue weighted by molar-refractivity contribution is 7.13. The van der Waals surface area contributed by atoms with E-state index in [2.05, 4.69) is 4.98 Å². The van der Waals surface area contributed by atoms with Crippen LogP contribution in [0.5, 0.6) is 5.75 Å². The molecule has 1 fully saturated rings. The van der Waals surface area contributed by atoms with Crippen LogP contribution in [0.2, 0.25) is 0 Å². The number of phenols is 1. The zero-order valence-electron chi connectivity index (χ0n) is 13.5. The minimum absolute atomic E-state index is 0.197. The summed E-state index contributed by atoms with van der Waals surface area (Å²) in [5.74, 6) is 0.197. The standard InChI is InChI=1S/C18H18N2O3S/c1-11-10-24-17(19-11)13-8-12-4-5-15(21)14(16(12)23-18(13)22)9-20-6-2-3-7-20/h4-5,8,10,21H,2-3,6-7,9H2,1H3/p+1. The Morgan fingerprint density at radius 1 is 1.33 bits per heavy atom. The lowest BCUT2D eigenvalue weighted by atomic mass is 10.1. The molecule has 5 nitrogen and oxygen atoms in total. The Balaban J connectivity index is 1.84. The van der Waals surface area contributed by atoms with E-state index < -0.39 is 5.63 Å². The summed E-state index contributed by atoms with van der Waals surface area (Å²) >= 11 is 1.43. The molecule has 1 saturated heterocycles. The summed E-state index contributed by atoms with van der Waals surface area (Å²) in [6.45, 7) is 4.77. The Morgan fingerprint density at radius 2 is 2.12 bits per heavy atom. The first-order chi connectivity index (χ1) is 11.6. The molecule has 0 radical (unpaired) electrons. The van der Waals surface area contributed by atoms with Crippen molar-refractivity contribution >= 4 is 22.3 Å². The first-order valence-electron chi connectivity index (χ1n) is 8.16. The average Bonchev–Trinajstić information content (AvgIpc) is 3.21. The number of aryl methyl sites for hydroxylation is 1. The number of aromatic nitrogens is 1. The SMILES string of the molecule is Cc1csc(-c2cc3ccc(O)c(C[NH+]4CCCC4)c3oc2=O)n1. The van der Waals surface area contributed by atoms with E-state index in [-0.39, 0.29) is 5.75 Å². The highest BCUT2D eigenvalue weighted by Gasteiger charge is 2.21. The smallest absolute Gasteiger partial charge is 0.346 e. The zero-order valence-corrected chi connectivity index (χ0v) is 14.3. The van der Waals surface area contributed by atoms with Crippen molar-refractivity contribution in [2.24, 2.45) is 0 Å². The van der Waals surface area contributed by atoms with Gasteiger partial charge in [0.25, 0.3) is 0 Å². The molecular formula is C18H19N2O3S+. The number of aromatic hydroxyl groups is 1. The van der Waals surface area contributed by atoms with Gasteiger partial charge in [-0.05, 0) is 25.1 Å². The molecule has 0 spiro atoms. The number of hydrogen-bond acceptors (Lipinski definition) is 5. The van der Waals surface area contributed by atoms with Crippen LogP contribution in [0.4, 0.5) is 0 Å². The Labute approximate surface area is 143 Å². The summed E-state index contributed by atoms with van der Waals surface area (Å²) in [5.41, 5.74) is 2.18. The van der Waals surface area contributed by atoms with E-state index >= 15 is 0 Å². The maximum Gasteiger partial charge on any atom is 0.346 e. The van der Waals surface area contributed by atoms with Crippen molar-refractivity contribution in [2.45, 2.75) is 26.3 Å². The minimum atomic E-state index is -0.403. The van der Waals surface area contributed by atoms with Gasteiger partial charge < -0.3 is 14.4 Å². The fourth-order valence-corrected chi connectivity index (χ4v) is 4.13. The van der Waals surface area contributed by atoms with E-state index in [1.54, 1.807) is 12.1 Å². The van der Waals surface area contributed by atoms with Gasteiger partial charge in [-0.15, -0.1) is 11.3 Å². The highest BCUT2D eigenvalue weighted by Crippen LogP contribution is 2.29. The topological polar surface area (TPSA) is 67.8 Å². The number of likely N-dealkylation sites (tertiary alicyclic amines) is 1. The van der Waals surface area contributed by atoms with Crippen molar-refractivity contribution in [1.82, 2.24) is 4.98 Å². The Morgan fingerprint density at radius 3 is 2.83 bits per heavy atom. The number of nitrogens with one attached hydrogen (secondary N) is 1. The summed E-state index contributed by atoms with van der Waals surface area (Å²) in [4.78, 5) is 18.2. The molecule has 3 aromatic rings. The molecule has 4 rings (SSSR count). The van der Waals surface area contributed by atoms with Gasteiger partial charge in [-0.1, -0.05) is 0 Å². The molecule has 6 heteroatoms. The lowest BCUT2D eigenvalue weighted by Crippen LogP contribution is -3.08. The molecule has 1 aromatic carbocycles. The van der Waals surface area contributed by atoms with Crippen molar-refractivity contribution in [3.63, 3.8) is 0 Å². The van der Waals surface area contributed by atoms with E-state index in [1.807, 2.05) is 18.4 Å². The number of thiazole rings is 1. The number of phenolic OH excluding ortho intramolecular Hbond substituents is 1. The molecular weight excluding hydrogens is 324 g/mol. The molecule has 1 aliphatic rings. The second-order valence-corrected chi connectivity index (χ2v) is 7.22. The first kappa shape index (κ1) is 15.4. The van der Waals surface area contributed by atoms with Gasteiger partial charge >= 0.3 is 5.63 Å². The van der Waals surface area contributed by atoms with Gasteiger partial charge in [-0.3, -0.25) is 0 Å². The van der Waals surface area contributed by atoms with Crippen LogP contribution in [-0.2, 0) is 6.54 Å². The van der Waals surface area contributed by atoms with Crippen LogP contribution in [-0.4, -0.2) is 23.2 Å². The van der Waals surface area contributed by atoms with E-state index in [4.69, 9.17) is 4.42 Å². The van der Waals surface area contributed by atoms with Crippen LogP contribution in [0.25, 0.3) is 21.5 Å². The van der Waals surface area contributed by atoms with Crippen LogP contribution in [0.15, 0.2) is 32.8 Å². The highest BCUT2D eigenvalue weighted by atomic mass is 32.1. The van der Waals surface area contributed by atoms with Crippen LogP contribution in [0.3, 0.4) is 0 Å². The number of nitrogens with zero attached hydrogens (tertiary/aromatic N) is 1. The zero-order chi connectivity index (χ0) is 16.7. The molecule has 0 unspecified atom stereocenters. The summed E-state index contributed by atoms with van der Waals surface area (Å²) < 4.78 is 5.62. The quantitative estimate of drug-likeness (QED) is 0.715. The summed E-state index contributed by atoms with van der Waals surface area (Å²) in [5, 5.41) is 13.7. The first-order valence-corrected chi connectivity index (χ1v) is 9.04. The number of benzene rings is 1. The summed E-state index contributed by atoms with van der Waals surface area (Å²) in [6, 6.07) is 5.30. The number of hydrogen-bond donors (Lipinski definition) is 2. The monoisotopic (exact) mass is 343 g/mol. The minimum Gasteiger partial charge on any atom is -0.507 e. The molecule has 0 amide bonds. The van der Waals surface area contributed by atoms with Gasteiger partial charge in [0, 0.05) is 29.3 Å². The normalized spacial score (nSPS) is 15.4. The average molecular weight is 343 g/mol. The lowest BCUT2D eigenvalue weighted by Gasteiger charge is -2.14. The predicted octanol–water partition coefficient (Wildman–Crippen LogP) is 2.11. The van der Waals surface area contributed by atoms with Crippen LogP contribution in [0.1, 0.15) is 24.1 Å². The number of rotatable bonds is 3. The number of quaternary nitrogens is 1. The van der Waals surface area contributed by atoms with E-state index in [0.29, 0.717) is 22.7 Å². The van der Waals surface area contributed by atoms with Crippen molar-refractivity contribution in [2.75, 3.05) is 13.1 Å². The van der Waals surface area contributed by atoms with E-state index in [9.17, 15) is 9.90 Å². The molecule has 1 aliphatic heterocycles. The predicted molar refractivity (Wildman–Crippen MR) is 93.6 cm³/mol. The molecule has 2 aromatic heterocycles. The second-order valence-electron chi connectivity index (χ2n) is 6.36. The van der Waals surface area contributed by atoms with Gasteiger partial charge in [0.1, 0.15) is 17.3 Å². The van der Waals surface area contributed by atoms with Crippen molar-refractivity contribution < 1.29 is 14.4 Å². The van der Waals surface area contributed by atoms with Gasteiger partial charge in [0.2, 0.25) is 0 Å². The van der Waals surface area contributed by atoms with Crippen LogP contribution < -0.4 is 10.5 Å². The summed E-state index contributed by atoms with van der Waals surface area (Å²) in [7, 11) is 0. The molecule has 0 atom stereocenters. The molecule has 124 valence electrons. The van der Waals surface area contributed by atoms with Gasteiger partial charge in [-0.25, -0.2) is 9.78 Å². The Kier molecular flexibility index (Phi) is 3.86. The van der Waals surface area contributed by atoms with Crippen molar-refractivity contribution in [3.8, 4) is 16.3 Å².